The van der Waals surface area contributed by atoms with E-state index < -0.39 is 0 Å². The van der Waals surface area contributed by atoms with Gasteiger partial charge in [0.05, 0.1) is 0 Å². The van der Waals surface area contributed by atoms with Crippen molar-refractivity contribution in [2.45, 2.75) is 18.9 Å². The molecule has 3 rings (SSSR count). The van der Waals surface area contributed by atoms with E-state index in [1.807, 2.05) is 30.5 Å². The Morgan fingerprint density at radius 1 is 1.15 bits per heavy atom. The van der Waals surface area contributed by atoms with Crippen LogP contribution >= 0.6 is 0 Å². The number of benzene rings is 1. The van der Waals surface area contributed by atoms with E-state index in [1.165, 1.54) is 5.56 Å². The first-order valence-electron chi connectivity index (χ1n) is 6.87. The molecule has 4 nitrogen and oxygen atoms in total. The Bertz CT molecular complexity index is 572. The molecule has 2 aromatic rings. The molecule has 0 saturated heterocycles. The monoisotopic (exact) mass is 270 g/mol. The van der Waals surface area contributed by atoms with Crippen LogP contribution in [-0.4, -0.2) is 18.2 Å². The molecular weight excluding hydrogens is 252 g/mol. The van der Waals surface area contributed by atoms with E-state index in [4.69, 9.17) is 15.2 Å². The molecule has 1 aliphatic rings. The van der Waals surface area contributed by atoms with E-state index >= 15 is 0 Å². The molecule has 0 aliphatic carbocycles. The van der Waals surface area contributed by atoms with Gasteiger partial charge < -0.3 is 15.2 Å². The van der Waals surface area contributed by atoms with Crippen molar-refractivity contribution in [3.63, 3.8) is 0 Å². The first kappa shape index (κ1) is 12.9. The number of aromatic nitrogens is 1. The number of fused-ring (bicyclic) bond motifs is 1. The van der Waals surface area contributed by atoms with Gasteiger partial charge in [0.2, 0.25) is 0 Å². The van der Waals surface area contributed by atoms with E-state index in [1.54, 1.807) is 6.20 Å². The van der Waals surface area contributed by atoms with Crippen molar-refractivity contribution in [3.8, 4) is 11.5 Å². The minimum absolute atomic E-state index is 0.00830. The van der Waals surface area contributed by atoms with Gasteiger partial charge in [-0.15, -0.1) is 0 Å². The quantitative estimate of drug-likeness (QED) is 0.927. The maximum atomic E-state index is 6.26. The fourth-order valence-corrected chi connectivity index (χ4v) is 2.33. The topological polar surface area (TPSA) is 57.4 Å². The van der Waals surface area contributed by atoms with Gasteiger partial charge in [-0.3, -0.25) is 4.98 Å². The second-order valence-electron chi connectivity index (χ2n) is 4.91. The molecule has 20 heavy (non-hydrogen) atoms. The van der Waals surface area contributed by atoms with E-state index in [0.29, 0.717) is 13.2 Å². The third-order valence-electron chi connectivity index (χ3n) is 3.46. The van der Waals surface area contributed by atoms with Crippen LogP contribution in [0.15, 0.2) is 42.7 Å². The second-order valence-corrected chi connectivity index (χ2v) is 4.91. The number of nitrogens with two attached hydrogens (primary N) is 1. The Morgan fingerprint density at radius 2 is 2.00 bits per heavy atom. The average molecular weight is 270 g/mol. The van der Waals surface area contributed by atoms with Crippen LogP contribution in [0.5, 0.6) is 11.5 Å². The number of pyridine rings is 1. The summed E-state index contributed by atoms with van der Waals surface area (Å²) in [6, 6.07) is 9.96. The predicted octanol–water partition coefficient (Wildman–Crippen LogP) is 2.49. The number of hydrogen-bond donors (Lipinski definition) is 1. The van der Waals surface area contributed by atoms with Crippen LogP contribution in [0.2, 0.25) is 0 Å². The van der Waals surface area contributed by atoms with Crippen molar-refractivity contribution >= 4 is 0 Å². The Morgan fingerprint density at radius 3 is 2.80 bits per heavy atom. The summed E-state index contributed by atoms with van der Waals surface area (Å²) < 4.78 is 11.1. The molecule has 1 unspecified atom stereocenters. The fraction of sp³-hybridized carbons (Fsp3) is 0.312. The largest absolute Gasteiger partial charge is 0.486 e. The zero-order valence-electron chi connectivity index (χ0n) is 11.3. The molecule has 0 radical (unpaired) electrons. The molecule has 1 aromatic carbocycles. The fourth-order valence-electron chi connectivity index (χ4n) is 2.33. The van der Waals surface area contributed by atoms with Crippen molar-refractivity contribution < 1.29 is 9.47 Å². The highest BCUT2D eigenvalue weighted by molar-refractivity contribution is 5.44. The molecule has 2 N–H and O–H groups in total. The van der Waals surface area contributed by atoms with Crippen LogP contribution < -0.4 is 15.2 Å². The molecule has 2 heterocycles. The maximum Gasteiger partial charge on any atom is 0.161 e. The van der Waals surface area contributed by atoms with Crippen molar-refractivity contribution in [3.05, 3.63) is 53.9 Å². The van der Waals surface area contributed by atoms with Crippen molar-refractivity contribution in [2.75, 3.05) is 13.2 Å². The number of nitrogens with zero attached hydrogens (tertiary/aromatic N) is 1. The summed E-state index contributed by atoms with van der Waals surface area (Å²) in [5.41, 5.74) is 8.55. The summed E-state index contributed by atoms with van der Waals surface area (Å²) in [6.45, 7) is 1.21. The van der Waals surface area contributed by atoms with Crippen LogP contribution in [-0.2, 0) is 6.42 Å². The van der Waals surface area contributed by atoms with Crippen molar-refractivity contribution in [1.82, 2.24) is 4.98 Å². The van der Waals surface area contributed by atoms with Gasteiger partial charge in [-0.1, -0.05) is 12.1 Å². The molecule has 1 aromatic heterocycles. The molecule has 0 amide bonds. The number of ether oxygens (including phenoxy) is 2. The summed E-state index contributed by atoms with van der Waals surface area (Å²) >= 11 is 0. The van der Waals surface area contributed by atoms with Crippen LogP contribution in [0.1, 0.15) is 23.6 Å². The summed E-state index contributed by atoms with van der Waals surface area (Å²) in [5, 5.41) is 0. The number of hydrogen-bond acceptors (Lipinski definition) is 4. The summed E-state index contributed by atoms with van der Waals surface area (Å²) in [4.78, 5) is 4.12. The normalized spacial score (nSPS) is 14.8. The number of rotatable bonds is 4. The van der Waals surface area contributed by atoms with Gasteiger partial charge in [-0.2, -0.15) is 0 Å². The molecule has 1 atom stereocenters. The third-order valence-corrected chi connectivity index (χ3v) is 3.46. The van der Waals surface area contributed by atoms with Crippen LogP contribution in [0, 0.1) is 0 Å². The smallest absolute Gasteiger partial charge is 0.161 e. The zero-order valence-corrected chi connectivity index (χ0v) is 11.3. The molecule has 104 valence electrons. The van der Waals surface area contributed by atoms with Crippen molar-refractivity contribution in [1.29, 1.82) is 0 Å². The summed E-state index contributed by atoms with van der Waals surface area (Å²) in [6.07, 6.45) is 5.47. The molecule has 1 aliphatic heterocycles. The Kier molecular flexibility index (Phi) is 3.83. The van der Waals surface area contributed by atoms with Gasteiger partial charge in [0.25, 0.3) is 0 Å². The lowest BCUT2D eigenvalue weighted by atomic mass is 10.00. The van der Waals surface area contributed by atoms with Crippen LogP contribution in [0.3, 0.4) is 0 Å². The molecule has 0 bridgehead atoms. The molecule has 0 spiro atoms. The SMILES string of the molecule is NC(CCc1cccnc1)c1ccc2c(c1)OCCO2. The van der Waals surface area contributed by atoms with Gasteiger partial charge in [-0.05, 0) is 42.2 Å². The molecular formula is C16H18N2O2. The van der Waals surface area contributed by atoms with E-state index in [0.717, 1.165) is 29.9 Å². The van der Waals surface area contributed by atoms with Crippen LogP contribution in [0.4, 0.5) is 0 Å². The van der Waals surface area contributed by atoms with Crippen molar-refractivity contribution in [2.24, 2.45) is 5.73 Å². The lowest BCUT2D eigenvalue weighted by Gasteiger charge is -2.20. The third kappa shape index (κ3) is 2.91. The van der Waals surface area contributed by atoms with Gasteiger partial charge in [0, 0.05) is 18.4 Å². The first-order valence-corrected chi connectivity index (χ1v) is 6.87. The summed E-state index contributed by atoms with van der Waals surface area (Å²) in [7, 11) is 0. The van der Waals surface area contributed by atoms with E-state index in [-0.39, 0.29) is 6.04 Å². The number of aryl methyl sites for hydroxylation is 1. The Labute approximate surface area is 118 Å². The van der Waals surface area contributed by atoms with Gasteiger partial charge in [0.1, 0.15) is 13.2 Å². The molecule has 4 heteroatoms. The van der Waals surface area contributed by atoms with Crippen LogP contribution in [0.25, 0.3) is 0 Å². The van der Waals surface area contributed by atoms with Gasteiger partial charge >= 0.3 is 0 Å². The highest BCUT2D eigenvalue weighted by Gasteiger charge is 2.14. The lowest BCUT2D eigenvalue weighted by molar-refractivity contribution is 0.171. The predicted molar refractivity (Wildman–Crippen MR) is 76.9 cm³/mol. The Hall–Kier alpha value is -2.07. The van der Waals surface area contributed by atoms with E-state index in [2.05, 4.69) is 11.1 Å². The zero-order chi connectivity index (χ0) is 13.8. The minimum atomic E-state index is -0.00830. The van der Waals surface area contributed by atoms with Gasteiger partial charge in [0.15, 0.2) is 11.5 Å². The molecule has 0 fully saturated rings. The standard InChI is InChI=1S/C16H18N2O2/c17-14(5-3-12-2-1-7-18-11-12)13-4-6-15-16(10-13)20-9-8-19-15/h1-2,4,6-7,10-11,14H,3,5,8-9,17H2. The molecule has 0 saturated carbocycles. The highest BCUT2D eigenvalue weighted by Crippen LogP contribution is 2.32. The first-order chi connectivity index (χ1) is 9.83. The Balaban J connectivity index is 1.66. The minimum Gasteiger partial charge on any atom is -0.486 e. The van der Waals surface area contributed by atoms with E-state index in [9.17, 15) is 0 Å². The summed E-state index contributed by atoms with van der Waals surface area (Å²) in [5.74, 6) is 1.60. The lowest BCUT2D eigenvalue weighted by Crippen LogP contribution is -2.17. The highest BCUT2D eigenvalue weighted by atomic mass is 16.6. The second kappa shape index (κ2) is 5.92. The maximum absolute atomic E-state index is 6.26. The van der Waals surface area contributed by atoms with Gasteiger partial charge in [-0.25, -0.2) is 0 Å². The average Bonchev–Trinajstić information content (AvgIpc) is 2.53.